The van der Waals surface area contributed by atoms with Gasteiger partial charge in [0.15, 0.2) is 0 Å². The van der Waals surface area contributed by atoms with E-state index in [4.69, 9.17) is 5.11 Å². The molecule has 1 unspecified atom stereocenters. The number of para-hydroxylation sites is 1. The van der Waals surface area contributed by atoms with Crippen LogP contribution >= 0.6 is 0 Å². The van der Waals surface area contributed by atoms with Crippen LogP contribution < -0.4 is 4.74 Å². The summed E-state index contributed by atoms with van der Waals surface area (Å²) in [4.78, 5) is 10.2. The third kappa shape index (κ3) is 3.50. The fraction of sp³-hybridized carbons (Fsp3) is 0.417. The van der Waals surface area contributed by atoms with Crippen LogP contribution in [0.4, 0.5) is 13.2 Å². The summed E-state index contributed by atoms with van der Waals surface area (Å²) in [5.74, 6) is -2.85. The number of rotatable bonds is 4. The van der Waals surface area contributed by atoms with E-state index in [-0.39, 0.29) is 19.5 Å². The minimum absolute atomic E-state index is 0.0698. The van der Waals surface area contributed by atoms with Crippen molar-refractivity contribution >= 4 is 16.0 Å². The van der Waals surface area contributed by atoms with Gasteiger partial charge in [0, 0.05) is 13.1 Å². The number of sulfonamides is 1. The number of hydrogen-bond acceptors (Lipinski definition) is 4. The summed E-state index contributed by atoms with van der Waals surface area (Å²) in [6.07, 6.45) is -4.92. The zero-order chi connectivity index (χ0) is 16.5. The molecule has 0 bridgehead atoms. The maximum atomic E-state index is 12.4. The number of carboxylic acid groups (broad SMARTS) is 1. The normalized spacial score (nSPS) is 20.0. The van der Waals surface area contributed by atoms with Crippen LogP contribution in [-0.4, -0.2) is 43.3 Å². The first kappa shape index (κ1) is 16.6. The summed E-state index contributed by atoms with van der Waals surface area (Å²) in [5.41, 5.74) is 0. The fourth-order valence-corrected chi connectivity index (χ4v) is 3.77. The Balaban J connectivity index is 2.33. The molecule has 0 amide bonds. The van der Waals surface area contributed by atoms with Gasteiger partial charge in [-0.1, -0.05) is 12.1 Å². The van der Waals surface area contributed by atoms with Crippen LogP contribution in [0.2, 0.25) is 0 Å². The fourth-order valence-electron chi connectivity index (χ4n) is 2.16. The predicted molar refractivity (Wildman–Crippen MR) is 67.6 cm³/mol. The molecule has 0 radical (unpaired) electrons. The van der Waals surface area contributed by atoms with E-state index in [0.717, 1.165) is 16.4 Å². The second-order valence-corrected chi connectivity index (χ2v) is 6.59. The van der Waals surface area contributed by atoms with Crippen molar-refractivity contribution in [2.45, 2.75) is 17.7 Å². The van der Waals surface area contributed by atoms with Crippen molar-refractivity contribution < 1.29 is 36.2 Å². The molecule has 1 aromatic rings. The number of carbonyl (C=O) groups is 1. The van der Waals surface area contributed by atoms with Crippen LogP contribution in [0.25, 0.3) is 0 Å². The largest absolute Gasteiger partial charge is 0.573 e. The van der Waals surface area contributed by atoms with Crippen molar-refractivity contribution in [1.82, 2.24) is 4.31 Å². The van der Waals surface area contributed by atoms with Gasteiger partial charge < -0.3 is 9.84 Å². The number of halogens is 3. The minimum atomic E-state index is -5.03. The van der Waals surface area contributed by atoms with Gasteiger partial charge in [0.05, 0.1) is 5.92 Å². The molecule has 1 N–H and O–H groups in total. The first-order chi connectivity index (χ1) is 10.1. The average molecular weight is 339 g/mol. The Morgan fingerprint density at radius 3 is 2.50 bits per heavy atom. The zero-order valence-electron chi connectivity index (χ0n) is 11.1. The first-order valence-corrected chi connectivity index (χ1v) is 7.63. The summed E-state index contributed by atoms with van der Waals surface area (Å²) < 4.78 is 66.4. The number of carboxylic acids is 1. The average Bonchev–Trinajstić information content (AvgIpc) is 2.87. The molecule has 1 saturated heterocycles. The van der Waals surface area contributed by atoms with Crippen molar-refractivity contribution in [1.29, 1.82) is 0 Å². The van der Waals surface area contributed by atoms with E-state index in [0.29, 0.717) is 0 Å². The Kier molecular flexibility index (Phi) is 4.34. The topological polar surface area (TPSA) is 83.9 Å². The molecule has 10 heteroatoms. The quantitative estimate of drug-likeness (QED) is 0.902. The third-order valence-electron chi connectivity index (χ3n) is 3.19. The van der Waals surface area contributed by atoms with Gasteiger partial charge in [0.25, 0.3) is 0 Å². The summed E-state index contributed by atoms with van der Waals surface area (Å²) >= 11 is 0. The second kappa shape index (κ2) is 5.76. The van der Waals surface area contributed by atoms with Crippen molar-refractivity contribution in [3.05, 3.63) is 24.3 Å². The Bertz CT molecular complexity index is 674. The Hall–Kier alpha value is -1.81. The monoisotopic (exact) mass is 339 g/mol. The van der Waals surface area contributed by atoms with Crippen molar-refractivity contribution in [3.8, 4) is 5.75 Å². The highest BCUT2D eigenvalue weighted by atomic mass is 32.2. The zero-order valence-corrected chi connectivity index (χ0v) is 11.9. The number of alkyl halides is 3. The smallest absolute Gasteiger partial charge is 0.481 e. The highest BCUT2D eigenvalue weighted by Crippen LogP contribution is 2.33. The van der Waals surface area contributed by atoms with E-state index in [1.54, 1.807) is 0 Å². The van der Waals surface area contributed by atoms with Gasteiger partial charge in [-0.3, -0.25) is 4.79 Å². The molecule has 2 rings (SSSR count). The van der Waals surface area contributed by atoms with E-state index < -0.39 is 38.9 Å². The molecular formula is C12H12F3NO5S. The summed E-state index contributed by atoms with van der Waals surface area (Å²) in [7, 11) is -4.26. The van der Waals surface area contributed by atoms with Gasteiger partial charge >= 0.3 is 12.3 Å². The molecular weight excluding hydrogens is 327 g/mol. The van der Waals surface area contributed by atoms with E-state index in [2.05, 4.69) is 4.74 Å². The summed E-state index contributed by atoms with van der Waals surface area (Å²) in [5, 5.41) is 8.88. The van der Waals surface area contributed by atoms with E-state index in [1.165, 1.54) is 12.1 Å². The summed E-state index contributed by atoms with van der Waals surface area (Å²) in [6.45, 7) is -0.350. The lowest BCUT2D eigenvalue weighted by atomic mass is 10.1. The molecule has 1 aromatic carbocycles. The maximum absolute atomic E-state index is 12.4. The van der Waals surface area contributed by atoms with Crippen molar-refractivity contribution in [2.24, 2.45) is 5.92 Å². The minimum Gasteiger partial charge on any atom is -0.481 e. The Labute approximate surface area is 124 Å². The molecule has 6 nitrogen and oxygen atoms in total. The van der Waals surface area contributed by atoms with Gasteiger partial charge in [-0.15, -0.1) is 13.2 Å². The van der Waals surface area contributed by atoms with Crippen molar-refractivity contribution in [3.63, 3.8) is 0 Å². The first-order valence-electron chi connectivity index (χ1n) is 6.19. The Morgan fingerprint density at radius 1 is 1.32 bits per heavy atom. The highest BCUT2D eigenvalue weighted by molar-refractivity contribution is 7.89. The molecule has 1 aliphatic rings. The molecule has 1 atom stereocenters. The molecule has 0 saturated carbocycles. The van der Waals surface area contributed by atoms with Crippen LogP contribution in [0.3, 0.4) is 0 Å². The third-order valence-corrected chi connectivity index (χ3v) is 5.10. The second-order valence-electron chi connectivity index (χ2n) is 4.68. The molecule has 22 heavy (non-hydrogen) atoms. The molecule has 1 fully saturated rings. The molecule has 0 aromatic heterocycles. The van der Waals surface area contributed by atoms with Gasteiger partial charge in [-0.25, -0.2) is 8.42 Å². The number of hydrogen-bond donors (Lipinski definition) is 1. The molecule has 0 aliphatic carbocycles. The van der Waals surface area contributed by atoms with Crippen LogP contribution in [0.5, 0.6) is 5.75 Å². The summed E-state index contributed by atoms with van der Waals surface area (Å²) in [6, 6.07) is 4.36. The van der Waals surface area contributed by atoms with Crippen LogP contribution in [0.1, 0.15) is 6.42 Å². The number of aliphatic carboxylic acids is 1. The van der Waals surface area contributed by atoms with Crippen LogP contribution in [-0.2, 0) is 14.8 Å². The van der Waals surface area contributed by atoms with E-state index in [9.17, 15) is 26.4 Å². The Morgan fingerprint density at radius 2 is 1.95 bits per heavy atom. The van der Waals surface area contributed by atoms with Gasteiger partial charge in [-0.05, 0) is 18.6 Å². The predicted octanol–water partition coefficient (Wildman–Crippen LogP) is 1.68. The molecule has 1 heterocycles. The number of nitrogens with zero attached hydrogens (tertiary/aromatic N) is 1. The SMILES string of the molecule is O=C(O)C1CCN(S(=O)(=O)c2ccccc2OC(F)(F)F)C1. The van der Waals surface area contributed by atoms with E-state index >= 15 is 0 Å². The van der Waals surface area contributed by atoms with Gasteiger partial charge in [0.1, 0.15) is 10.6 Å². The van der Waals surface area contributed by atoms with Crippen LogP contribution in [0.15, 0.2) is 29.2 Å². The standard InChI is InChI=1S/C12H12F3NO5S/c13-12(14,15)21-9-3-1-2-4-10(9)22(19,20)16-6-5-8(7-16)11(17)18/h1-4,8H,5-7H2,(H,17,18). The van der Waals surface area contributed by atoms with Crippen molar-refractivity contribution in [2.75, 3.05) is 13.1 Å². The lowest BCUT2D eigenvalue weighted by Crippen LogP contribution is -2.31. The lowest BCUT2D eigenvalue weighted by Gasteiger charge is -2.19. The van der Waals surface area contributed by atoms with Gasteiger partial charge in [-0.2, -0.15) is 4.31 Å². The highest BCUT2D eigenvalue weighted by Gasteiger charge is 2.39. The number of benzene rings is 1. The molecule has 122 valence electrons. The molecule has 1 aliphatic heterocycles. The lowest BCUT2D eigenvalue weighted by molar-refractivity contribution is -0.275. The number of ether oxygens (including phenoxy) is 1. The van der Waals surface area contributed by atoms with E-state index in [1.807, 2.05) is 0 Å². The maximum Gasteiger partial charge on any atom is 0.573 e. The van der Waals surface area contributed by atoms with Crippen LogP contribution in [0, 0.1) is 5.92 Å². The molecule has 0 spiro atoms. The van der Waals surface area contributed by atoms with Gasteiger partial charge in [0.2, 0.25) is 10.0 Å².